The minimum atomic E-state index is -0.669. The summed E-state index contributed by atoms with van der Waals surface area (Å²) in [7, 11) is 0. The van der Waals surface area contributed by atoms with Crippen LogP contribution in [0.15, 0.2) is 103 Å². The van der Waals surface area contributed by atoms with Crippen LogP contribution in [0.2, 0.25) is 5.02 Å². The van der Waals surface area contributed by atoms with Gasteiger partial charge in [0.25, 0.3) is 0 Å². The summed E-state index contributed by atoms with van der Waals surface area (Å²) in [5.74, 6) is 0.518. The number of aliphatic hydroxyl groups is 1. The van der Waals surface area contributed by atoms with Gasteiger partial charge in [0.1, 0.15) is 18.5 Å². The molecule has 4 rings (SSSR count). The molecule has 4 aromatic rings. The van der Waals surface area contributed by atoms with Crippen LogP contribution in [-0.4, -0.2) is 23.6 Å². The largest absolute Gasteiger partial charge is 0.491 e. The van der Waals surface area contributed by atoms with E-state index in [-0.39, 0.29) is 12.4 Å². The molecule has 0 amide bonds. The molecule has 0 spiro atoms. The molecule has 1 atom stereocenters. The van der Waals surface area contributed by atoms with Gasteiger partial charge >= 0.3 is 0 Å². The molecule has 0 aliphatic rings. The number of ketones is 1. The van der Waals surface area contributed by atoms with Crippen molar-refractivity contribution in [3.05, 3.63) is 120 Å². The Labute approximate surface area is 192 Å². The van der Waals surface area contributed by atoms with E-state index in [1.54, 1.807) is 48.5 Å². The predicted molar refractivity (Wildman–Crippen MR) is 125 cm³/mol. The molecule has 4 nitrogen and oxygen atoms in total. The summed E-state index contributed by atoms with van der Waals surface area (Å²) >= 11 is 5.88. The van der Waals surface area contributed by atoms with Crippen LogP contribution in [0, 0.1) is 0 Å². The highest BCUT2D eigenvalue weighted by molar-refractivity contribution is 6.30. The molecule has 0 radical (unpaired) electrons. The van der Waals surface area contributed by atoms with Crippen LogP contribution in [-0.2, 0) is 6.54 Å². The molecule has 1 N–H and O–H groups in total. The molecular formula is C27H23ClNO3+. The number of ether oxygens (including phenoxy) is 1. The summed E-state index contributed by atoms with van der Waals surface area (Å²) < 4.78 is 7.62. The number of benzene rings is 3. The van der Waals surface area contributed by atoms with E-state index in [0.29, 0.717) is 28.4 Å². The van der Waals surface area contributed by atoms with E-state index in [9.17, 15) is 9.90 Å². The Morgan fingerprint density at radius 1 is 0.812 bits per heavy atom. The van der Waals surface area contributed by atoms with Crippen molar-refractivity contribution in [3.8, 4) is 16.9 Å². The van der Waals surface area contributed by atoms with Crippen molar-refractivity contribution >= 4 is 17.4 Å². The van der Waals surface area contributed by atoms with Crippen molar-refractivity contribution in [1.29, 1.82) is 0 Å². The normalized spacial score (nSPS) is 11.7. The Bertz CT molecular complexity index is 1160. The first-order chi connectivity index (χ1) is 15.6. The van der Waals surface area contributed by atoms with Gasteiger partial charge in [-0.05, 0) is 59.7 Å². The molecule has 3 aromatic carbocycles. The zero-order valence-electron chi connectivity index (χ0n) is 17.4. The third kappa shape index (κ3) is 5.61. The predicted octanol–water partition coefficient (Wildman–Crippen LogP) is 4.97. The summed E-state index contributed by atoms with van der Waals surface area (Å²) in [5.41, 5.74) is 3.42. The third-order valence-corrected chi connectivity index (χ3v) is 5.34. The Hall–Kier alpha value is -3.47. The standard InChI is InChI=1S/C27H23ClNO3/c28-24-10-6-22(7-11-24)27(31)23-8-12-26(13-9-23)32-19-25(30)18-29-16-14-21(15-17-29)20-4-2-1-3-5-20/h1-17,25,30H,18-19H2/q+1. The van der Waals surface area contributed by atoms with Gasteiger partial charge in [0.05, 0.1) is 0 Å². The second-order valence-corrected chi connectivity index (χ2v) is 7.91. The average Bonchev–Trinajstić information content (AvgIpc) is 2.84. The molecule has 0 aliphatic heterocycles. The molecule has 1 unspecified atom stereocenters. The molecule has 1 heterocycles. The fourth-order valence-corrected chi connectivity index (χ4v) is 3.49. The number of hydrogen-bond acceptors (Lipinski definition) is 3. The number of aliphatic hydroxyl groups excluding tert-OH is 1. The molecule has 0 saturated heterocycles. The maximum absolute atomic E-state index is 12.5. The minimum absolute atomic E-state index is 0.0800. The number of pyridine rings is 1. The monoisotopic (exact) mass is 444 g/mol. The van der Waals surface area contributed by atoms with Gasteiger partial charge in [-0.3, -0.25) is 4.79 Å². The zero-order chi connectivity index (χ0) is 22.3. The van der Waals surface area contributed by atoms with E-state index in [2.05, 4.69) is 12.1 Å². The lowest BCUT2D eigenvalue weighted by Crippen LogP contribution is -2.41. The first kappa shape index (κ1) is 21.8. The van der Waals surface area contributed by atoms with E-state index in [0.717, 1.165) is 11.1 Å². The SMILES string of the molecule is O=C(c1ccc(Cl)cc1)c1ccc(OCC(O)C[n+]2ccc(-c3ccccc3)cc2)cc1. The maximum atomic E-state index is 12.5. The number of hydrogen-bond donors (Lipinski definition) is 1. The first-order valence-corrected chi connectivity index (χ1v) is 10.7. The Kier molecular flexibility index (Phi) is 6.95. The maximum Gasteiger partial charge on any atom is 0.193 e. The average molecular weight is 445 g/mol. The number of carbonyl (C=O) groups is 1. The highest BCUT2D eigenvalue weighted by atomic mass is 35.5. The lowest BCUT2D eigenvalue weighted by Gasteiger charge is -2.11. The van der Waals surface area contributed by atoms with E-state index in [4.69, 9.17) is 16.3 Å². The van der Waals surface area contributed by atoms with Gasteiger partial charge in [0.2, 0.25) is 0 Å². The zero-order valence-corrected chi connectivity index (χ0v) is 18.2. The molecule has 1 aromatic heterocycles. The quantitative estimate of drug-likeness (QED) is 0.308. The number of aromatic nitrogens is 1. The van der Waals surface area contributed by atoms with Gasteiger partial charge in [0, 0.05) is 28.3 Å². The van der Waals surface area contributed by atoms with Crippen LogP contribution in [0.5, 0.6) is 5.75 Å². The van der Waals surface area contributed by atoms with Gasteiger partial charge in [-0.2, -0.15) is 0 Å². The van der Waals surface area contributed by atoms with Gasteiger partial charge in [-0.1, -0.05) is 41.9 Å². The second kappa shape index (κ2) is 10.2. The Morgan fingerprint density at radius 3 is 2.00 bits per heavy atom. The molecule has 160 valence electrons. The Morgan fingerprint density at radius 2 is 1.38 bits per heavy atom. The summed E-state index contributed by atoms with van der Waals surface area (Å²) in [5, 5.41) is 10.9. The molecule has 0 aliphatic carbocycles. The van der Waals surface area contributed by atoms with Crippen LogP contribution in [0.25, 0.3) is 11.1 Å². The number of carbonyl (C=O) groups excluding carboxylic acids is 1. The number of halogens is 1. The second-order valence-electron chi connectivity index (χ2n) is 7.47. The van der Waals surface area contributed by atoms with Crippen molar-refractivity contribution in [2.24, 2.45) is 0 Å². The summed E-state index contributed by atoms with van der Waals surface area (Å²) in [6.45, 7) is 0.570. The highest BCUT2D eigenvalue weighted by Crippen LogP contribution is 2.18. The van der Waals surface area contributed by atoms with Crippen molar-refractivity contribution in [3.63, 3.8) is 0 Å². The first-order valence-electron chi connectivity index (χ1n) is 10.3. The number of rotatable bonds is 8. The molecule has 0 bridgehead atoms. The molecular weight excluding hydrogens is 422 g/mol. The molecule has 0 fully saturated rings. The molecule has 5 heteroatoms. The summed E-state index contributed by atoms with van der Waals surface area (Å²) in [6.07, 6.45) is 3.23. The van der Waals surface area contributed by atoms with Crippen LogP contribution < -0.4 is 9.30 Å². The van der Waals surface area contributed by atoms with E-state index in [1.165, 1.54) is 0 Å². The summed E-state index contributed by atoms with van der Waals surface area (Å²) in [6, 6.07) is 27.9. The van der Waals surface area contributed by atoms with Gasteiger partial charge in [0.15, 0.2) is 24.7 Å². The van der Waals surface area contributed by atoms with Crippen LogP contribution >= 0.6 is 11.6 Å². The van der Waals surface area contributed by atoms with Crippen molar-refractivity contribution < 1.29 is 19.2 Å². The van der Waals surface area contributed by atoms with Crippen LogP contribution in [0.4, 0.5) is 0 Å². The van der Waals surface area contributed by atoms with E-state index >= 15 is 0 Å². The highest BCUT2D eigenvalue weighted by Gasteiger charge is 2.13. The van der Waals surface area contributed by atoms with Gasteiger partial charge < -0.3 is 9.84 Å². The van der Waals surface area contributed by atoms with Gasteiger partial charge in [-0.25, -0.2) is 4.57 Å². The van der Waals surface area contributed by atoms with Crippen molar-refractivity contribution in [2.45, 2.75) is 12.6 Å². The van der Waals surface area contributed by atoms with Crippen LogP contribution in [0.1, 0.15) is 15.9 Å². The molecule has 0 saturated carbocycles. The third-order valence-electron chi connectivity index (χ3n) is 5.09. The summed E-state index contributed by atoms with van der Waals surface area (Å²) in [4.78, 5) is 12.5. The lowest BCUT2D eigenvalue weighted by atomic mass is 10.0. The lowest BCUT2D eigenvalue weighted by molar-refractivity contribution is -0.703. The van der Waals surface area contributed by atoms with E-state index in [1.807, 2.05) is 47.3 Å². The van der Waals surface area contributed by atoms with Gasteiger partial charge in [-0.15, -0.1) is 0 Å². The van der Waals surface area contributed by atoms with E-state index < -0.39 is 6.10 Å². The van der Waals surface area contributed by atoms with Crippen molar-refractivity contribution in [2.75, 3.05) is 6.61 Å². The fraction of sp³-hybridized carbons (Fsp3) is 0.111. The topological polar surface area (TPSA) is 50.4 Å². The van der Waals surface area contributed by atoms with Crippen LogP contribution in [0.3, 0.4) is 0 Å². The Balaban J connectivity index is 1.29. The number of nitrogens with zero attached hydrogens (tertiary/aromatic N) is 1. The smallest absolute Gasteiger partial charge is 0.193 e. The minimum Gasteiger partial charge on any atom is -0.491 e. The molecule has 32 heavy (non-hydrogen) atoms. The fourth-order valence-electron chi connectivity index (χ4n) is 3.36. The van der Waals surface area contributed by atoms with Crippen molar-refractivity contribution in [1.82, 2.24) is 0 Å².